The molecule has 0 spiro atoms. The molecule has 2 N–H and O–H groups in total. The molecule has 0 radical (unpaired) electrons. The van der Waals surface area contributed by atoms with Gasteiger partial charge in [-0.3, -0.25) is 4.79 Å². The first-order chi connectivity index (χ1) is 10.9. The molecule has 114 valence electrons. The summed E-state index contributed by atoms with van der Waals surface area (Å²) in [6.07, 6.45) is 0. The molecule has 0 amide bonds. The number of nitrogens with zero attached hydrogens (tertiary/aromatic N) is 3. The van der Waals surface area contributed by atoms with Crippen molar-refractivity contribution in [1.29, 1.82) is 5.26 Å². The maximum absolute atomic E-state index is 11.9. The number of aromatic nitrogens is 2. The van der Waals surface area contributed by atoms with Crippen molar-refractivity contribution in [1.82, 2.24) is 9.61 Å². The smallest absolute Gasteiger partial charge is 0.163 e. The van der Waals surface area contributed by atoms with Crippen LogP contribution in [-0.4, -0.2) is 15.4 Å². The van der Waals surface area contributed by atoms with Gasteiger partial charge in [0.1, 0.15) is 17.5 Å². The Labute approximate surface area is 141 Å². The van der Waals surface area contributed by atoms with E-state index in [1.807, 2.05) is 24.3 Å². The number of nitrogens with two attached hydrogens (primary N) is 1. The highest BCUT2D eigenvalue weighted by Crippen LogP contribution is 2.32. The van der Waals surface area contributed by atoms with E-state index in [2.05, 4.69) is 27.1 Å². The van der Waals surface area contributed by atoms with Crippen LogP contribution >= 0.6 is 15.9 Å². The average molecular weight is 369 g/mol. The molecule has 2 aromatic heterocycles. The third kappa shape index (κ3) is 2.39. The highest BCUT2D eigenvalue weighted by atomic mass is 79.9. The van der Waals surface area contributed by atoms with Crippen LogP contribution in [0.15, 0.2) is 34.8 Å². The second-order valence-electron chi connectivity index (χ2n) is 5.25. The second-order valence-corrected chi connectivity index (χ2v) is 6.17. The number of nitriles is 1. The van der Waals surface area contributed by atoms with Crippen LogP contribution in [0.1, 0.15) is 28.5 Å². The van der Waals surface area contributed by atoms with Crippen molar-refractivity contribution < 1.29 is 4.79 Å². The number of nitrogen functional groups attached to an aromatic ring is 1. The summed E-state index contributed by atoms with van der Waals surface area (Å²) >= 11 is 3.39. The van der Waals surface area contributed by atoms with E-state index >= 15 is 0 Å². The van der Waals surface area contributed by atoms with Gasteiger partial charge in [-0.2, -0.15) is 10.4 Å². The summed E-state index contributed by atoms with van der Waals surface area (Å²) in [4.78, 5) is 11.9. The molecule has 0 atom stereocenters. The lowest BCUT2D eigenvalue weighted by atomic mass is 9.99. The molecule has 0 saturated carbocycles. The highest BCUT2D eigenvalue weighted by Gasteiger charge is 2.20. The zero-order valence-electron chi connectivity index (χ0n) is 12.6. The molecule has 23 heavy (non-hydrogen) atoms. The molecule has 2 heterocycles. The number of hydrogen-bond donors (Lipinski definition) is 1. The molecule has 0 aliphatic heterocycles. The Balaban J connectivity index is 2.42. The van der Waals surface area contributed by atoms with Crippen molar-refractivity contribution in [3.63, 3.8) is 0 Å². The predicted octanol–water partition coefficient (Wildman–Crippen LogP) is 3.73. The van der Waals surface area contributed by atoms with E-state index < -0.39 is 0 Å². The van der Waals surface area contributed by atoms with E-state index in [4.69, 9.17) is 5.73 Å². The molecular weight excluding hydrogens is 356 g/mol. The number of benzene rings is 1. The first-order valence-electron chi connectivity index (χ1n) is 6.92. The van der Waals surface area contributed by atoms with Crippen LogP contribution in [0.4, 0.5) is 5.82 Å². The van der Waals surface area contributed by atoms with Crippen LogP contribution in [0, 0.1) is 18.3 Å². The van der Waals surface area contributed by atoms with Gasteiger partial charge in [0, 0.05) is 10.0 Å². The molecule has 6 heteroatoms. The van der Waals surface area contributed by atoms with Crippen LogP contribution in [0.5, 0.6) is 0 Å². The van der Waals surface area contributed by atoms with Crippen LogP contribution in [0.25, 0.3) is 16.6 Å². The maximum atomic E-state index is 11.9. The molecule has 0 saturated heterocycles. The molecule has 5 nitrogen and oxygen atoms in total. The first kappa shape index (κ1) is 15.3. The number of carbonyl (C=O) groups is 1. The fourth-order valence-corrected chi connectivity index (χ4v) is 2.99. The number of halogens is 1. The van der Waals surface area contributed by atoms with Crippen molar-refractivity contribution in [3.8, 4) is 17.2 Å². The monoisotopic (exact) mass is 368 g/mol. The number of rotatable bonds is 2. The van der Waals surface area contributed by atoms with E-state index in [1.54, 1.807) is 13.0 Å². The maximum Gasteiger partial charge on any atom is 0.163 e. The summed E-state index contributed by atoms with van der Waals surface area (Å²) in [5.74, 6) is 0.155. The second kappa shape index (κ2) is 5.52. The minimum Gasteiger partial charge on any atom is -0.383 e. The Morgan fingerprint density at radius 2 is 2.00 bits per heavy atom. The van der Waals surface area contributed by atoms with E-state index in [-0.39, 0.29) is 11.6 Å². The van der Waals surface area contributed by atoms with E-state index in [9.17, 15) is 10.1 Å². The minimum atomic E-state index is -0.0802. The fraction of sp³-hybridized carbons (Fsp3) is 0.118. The Morgan fingerprint density at radius 3 is 2.57 bits per heavy atom. The number of pyridine rings is 1. The zero-order chi connectivity index (χ0) is 16.7. The molecule has 0 unspecified atom stereocenters. The molecule has 3 rings (SSSR count). The number of fused-ring (bicyclic) bond motifs is 1. The number of anilines is 1. The van der Waals surface area contributed by atoms with Gasteiger partial charge < -0.3 is 5.73 Å². The number of aryl methyl sites for hydroxylation is 1. The van der Waals surface area contributed by atoms with Gasteiger partial charge in [-0.05, 0) is 37.6 Å². The first-order valence-corrected chi connectivity index (χ1v) is 7.72. The standard InChI is InChI=1S/C17H13BrN4O/c1-9-16(10(2)23)15-7-13(11-3-5-12(18)6-4-11)14(8-19)17(20)22(15)21-9/h3-7H,20H2,1-2H3. The molecule has 3 aromatic rings. The average Bonchev–Trinajstić information content (AvgIpc) is 2.84. The lowest BCUT2D eigenvalue weighted by Crippen LogP contribution is -2.04. The van der Waals surface area contributed by atoms with Crippen LogP contribution in [0.3, 0.4) is 0 Å². The molecule has 0 aliphatic rings. The fourth-order valence-electron chi connectivity index (χ4n) is 2.72. The number of carbonyl (C=O) groups excluding carboxylic acids is 1. The molecule has 0 fully saturated rings. The van der Waals surface area contributed by atoms with Crippen LogP contribution < -0.4 is 5.73 Å². The number of Topliss-reactive ketones (excluding diaryl/α,β-unsaturated/α-hetero) is 1. The van der Waals surface area contributed by atoms with Crippen molar-refractivity contribution >= 4 is 33.0 Å². The van der Waals surface area contributed by atoms with E-state index in [1.165, 1.54) is 11.4 Å². The van der Waals surface area contributed by atoms with Crippen LogP contribution in [0.2, 0.25) is 0 Å². The van der Waals surface area contributed by atoms with Gasteiger partial charge in [-0.15, -0.1) is 0 Å². The van der Waals surface area contributed by atoms with Gasteiger partial charge >= 0.3 is 0 Å². The third-order valence-corrected chi connectivity index (χ3v) is 4.28. The van der Waals surface area contributed by atoms with E-state index in [0.29, 0.717) is 27.9 Å². The van der Waals surface area contributed by atoms with Crippen molar-refractivity contribution in [3.05, 3.63) is 51.6 Å². The molecule has 0 aliphatic carbocycles. The Morgan fingerprint density at radius 1 is 1.35 bits per heavy atom. The summed E-state index contributed by atoms with van der Waals surface area (Å²) in [5.41, 5.74) is 9.76. The summed E-state index contributed by atoms with van der Waals surface area (Å²) in [6.45, 7) is 3.26. The van der Waals surface area contributed by atoms with Crippen molar-refractivity contribution in [2.45, 2.75) is 13.8 Å². The molecular formula is C17H13BrN4O. The Hall–Kier alpha value is -2.65. The molecule has 1 aromatic carbocycles. The van der Waals surface area contributed by atoms with E-state index in [0.717, 1.165) is 10.0 Å². The summed E-state index contributed by atoms with van der Waals surface area (Å²) in [7, 11) is 0. The van der Waals surface area contributed by atoms with Crippen molar-refractivity contribution in [2.24, 2.45) is 0 Å². The van der Waals surface area contributed by atoms with Crippen LogP contribution in [-0.2, 0) is 0 Å². The number of hydrogen-bond acceptors (Lipinski definition) is 4. The van der Waals surface area contributed by atoms with Gasteiger partial charge in [0.25, 0.3) is 0 Å². The number of ketones is 1. The highest BCUT2D eigenvalue weighted by molar-refractivity contribution is 9.10. The summed E-state index contributed by atoms with van der Waals surface area (Å²) < 4.78 is 2.41. The predicted molar refractivity (Wildman–Crippen MR) is 92.2 cm³/mol. The quantitative estimate of drug-likeness (QED) is 0.698. The largest absolute Gasteiger partial charge is 0.383 e. The lowest BCUT2D eigenvalue weighted by Gasteiger charge is -2.10. The van der Waals surface area contributed by atoms with Gasteiger partial charge in [0.15, 0.2) is 5.78 Å². The van der Waals surface area contributed by atoms with Gasteiger partial charge in [-0.1, -0.05) is 28.1 Å². The van der Waals surface area contributed by atoms with Gasteiger partial charge in [-0.25, -0.2) is 4.52 Å². The Bertz CT molecular complexity index is 981. The van der Waals surface area contributed by atoms with Gasteiger partial charge in [0.05, 0.1) is 16.8 Å². The Kier molecular flexibility index (Phi) is 3.66. The van der Waals surface area contributed by atoms with Crippen molar-refractivity contribution in [2.75, 3.05) is 5.73 Å². The molecule has 0 bridgehead atoms. The summed E-state index contributed by atoms with van der Waals surface area (Å²) in [5, 5.41) is 13.8. The SMILES string of the molecule is CC(=O)c1c(C)nn2c(N)c(C#N)c(-c3ccc(Br)cc3)cc12. The van der Waals surface area contributed by atoms with Gasteiger partial charge in [0.2, 0.25) is 0 Å². The lowest BCUT2D eigenvalue weighted by molar-refractivity contribution is 0.101. The normalized spacial score (nSPS) is 10.7. The zero-order valence-corrected chi connectivity index (χ0v) is 14.2. The summed E-state index contributed by atoms with van der Waals surface area (Å²) in [6, 6.07) is 11.5. The third-order valence-electron chi connectivity index (χ3n) is 3.75. The minimum absolute atomic E-state index is 0.0802. The topological polar surface area (TPSA) is 84.2 Å².